The molecule has 2 aliphatic rings. The fourth-order valence-corrected chi connectivity index (χ4v) is 3.60. The number of rotatable bonds is 3. The predicted octanol–water partition coefficient (Wildman–Crippen LogP) is 0.711. The third-order valence-electron chi connectivity index (χ3n) is 5.22. The molecule has 0 N–H and O–H groups in total. The first-order chi connectivity index (χ1) is 12.4. The maximum atomic E-state index is 12.7. The summed E-state index contributed by atoms with van der Waals surface area (Å²) in [6.07, 6.45) is 4.53. The van der Waals surface area contributed by atoms with Crippen LogP contribution in [0.4, 0.5) is 10.5 Å². The smallest absolute Gasteiger partial charge is 0.326 e. The molecule has 4 amide bonds. The van der Waals surface area contributed by atoms with Crippen LogP contribution in [0.15, 0.2) is 18.5 Å². The van der Waals surface area contributed by atoms with Crippen LogP contribution in [0.3, 0.4) is 0 Å². The van der Waals surface area contributed by atoms with Crippen molar-refractivity contribution in [2.75, 3.05) is 45.2 Å². The quantitative estimate of drug-likeness (QED) is 0.743. The molecular weight excluding hydrogens is 334 g/mol. The lowest BCUT2D eigenvalue weighted by Gasteiger charge is -2.25. The molecule has 8 nitrogen and oxygen atoms in total. The summed E-state index contributed by atoms with van der Waals surface area (Å²) < 4.78 is 0. The first-order valence-corrected chi connectivity index (χ1v) is 8.88. The highest BCUT2D eigenvalue weighted by molar-refractivity contribution is 6.05. The molecule has 0 saturated carbocycles. The molecule has 0 bridgehead atoms. The summed E-state index contributed by atoms with van der Waals surface area (Å²) in [6.45, 7) is 4.91. The van der Waals surface area contributed by atoms with E-state index in [4.69, 9.17) is 0 Å². The third-order valence-corrected chi connectivity index (χ3v) is 5.22. The van der Waals surface area contributed by atoms with Crippen LogP contribution in [-0.4, -0.2) is 83.8 Å². The van der Waals surface area contributed by atoms with Crippen LogP contribution < -0.4 is 4.90 Å². The van der Waals surface area contributed by atoms with E-state index in [2.05, 4.69) is 9.88 Å². The Balaban J connectivity index is 1.62. The average molecular weight is 359 g/mol. The fourth-order valence-electron chi connectivity index (χ4n) is 3.60. The number of aryl methyl sites for hydroxylation is 1. The number of hydrogen-bond donors (Lipinski definition) is 0. The molecule has 8 heteroatoms. The number of pyridine rings is 1. The van der Waals surface area contributed by atoms with Gasteiger partial charge in [-0.05, 0) is 25.0 Å². The van der Waals surface area contributed by atoms with Gasteiger partial charge in [0.05, 0.1) is 6.42 Å². The number of nitrogens with zero attached hydrogens (tertiary/aromatic N) is 5. The van der Waals surface area contributed by atoms with Crippen LogP contribution in [-0.2, 0) is 9.59 Å². The van der Waals surface area contributed by atoms with Crippen molar-refractivity contribution in [1.82, 2.24) is 19.7 Å². The van der Waals surface area contributed by atoms with E-state index in [0.717, 1.165) is 35.7 Å². The van der Waals surface area contributed by atoms with Crippen molar-refractivity contribution < 1.29 is 14.4 Å². The van der Waals surface area contributed by atoms with Gasteiger partial charge in [0.25, 0.3) is 5.91 Å². The summed E-state index contributed by atoms with van der Waals surface area (Å²) in [5, 5.41) is 0. The summed E-state index contributed by atoms with van der Waals surface area (Å²) in [4.78, 5) is 47.4. The molecule has 2 saturated heterocycles. The molecule has 0 aliphatic carbocycles. The molecular formula is C18H25N5O3. The molecule has 0 spiro atoms. The minimum Gasteiger partial charge on any atom is -0.369 e. The zero-order valence-electron chi connectivity index (χ0n) is 15.5. The highest BCUT2D eigenvalue weighted by Gasteiger charge is 2.42. The van der Waals surface area contributed by atoms with E-state index in [9.17, 15) is 14.4 Å². The van der Waals surface area contributed by atoms with Crippen LogP contribution in [0.5, 0.6) is 0 Å². The molecule has 1 aromatic heterocycles. The van der Waals surface area contributed by atoms with Gasteiger partial charge >= 0.3 is 6.03 Å². The number of urea groups is 1. The van der Waals surface area contributed by atoms with Gasteiger partial charge in [-0.1, -0.05) is 0 Å². The number of carbonyl (C=O) groups is 3. The van der Waals surface area contributed by atoms with Gasteiger partial charge in [0.2, 0.25) is 5.91 Å². The molecule has 140 valence electrons. The van der Waals surface area contributed by atoms with E-state index in [1.807, 2.05) is 19.2 Å². The zero-order valence-corrected chi connectivity index (χ0v) is 15.5. The number of carbonyl (C=O) groups excluding carboxylic acids is 3. The molecule has 1 aromatic rings. The number of anilines is 1. The van der Waals surface area contributed by atoms with Crippen molar-refractivity contribution in [3.63, 3.8) is 0 Å². The summed E-state index contributed by atoms with van der Waals surface area (Å²) in [6, 6.07) is 0.949. The summed E-state index contributed by atoms with van der Waals surface area (Å²) >= 11 is 0. The van der Waals surface area contributed by atoms with Crippen molar-refractivity contribution >= 4 is 23.5 Å². The molecule has 0 radical (unpaired) electrons. The van der Waals surface area contributed by atoms with Crippen molar-refractivity contribution in [2.45, 2.75) is 25.8 Å². The number of hydrogen-bond acceptors (Lipinski definition) is 5. The van der Waals surface area contributed by atoms with Crippen molar-refractivity contribution in [3.05, 3.63) is 24.0 Å². The van der Waals surface area contributed by atoms with Gasteiger partial charge < -0.3 is 14.7 Å². The Kier molecular flexibility index (Phi) is 5.11. The Morgan fingerprint density at radius 1 is 1.19 bits per heavy atom. The maximum Gasteiger partial charge on any atom is 0.326 e. The summed E-state index contributed by atoms with van der Waals surface area (Å²) in [7, 11) is 3.02. The van der Waals surface area contributed by atoms with E-state index in [1.54, 1.807) is 18.1 Å². The van der Waals surface area contributed by atoms with Crippen LogP contribution >= 0.6 is 0 Å². The maximum absolute atomic E-state index is 12.7. The molecule has 26 heavy (non-hydrogen) atoms. The molecule has 0 aromatic carbocycles. The highest BCUT2D eigenvalue weighted by atomic mass is 16.2. The standard InChI is InChI=1S/C18H25N5O3/c1-13-12-19-6-5-14(13)22-7-4-8-23(10-9-22)16(24)11-15-17(25)21(3)18(26)20(15)2/h5-6,12,15H,4,7-11H2,1-3H3/t15-/m1/s1. The zero-order chi connectivity index (χ0) is 18.8. The third kappa shape index (κ3) is 3.36. The Labute approximate surface area is 153 Å². The first kappa shape index (κ1) is 18.2. The number of amides is 4. The largest absolute Gasteiger partial charge is 0.369 e. The van der Waals surface area contributed by atoms with E-state index < -0.39 is 6.04 Å². The molecule has 3 heterocycles. The van der Waals surface area contributed by atoms with Gasteiger partial charge in [0.1, 0.15) is 6.04 Å². The van der Waals surface area contributed by atoms with Crippen LogP contribution in [0.25, 0.3) is 0 Å². The second-order valence-electron chi connectivity index (χ2n) is 6.89. The van der Waals surface area contributed by atoms with Gasteiger partial charge in [0, 0.05) is 58.4 Å². The Morgan fingerprint density at radius 3 is 2.62 bits per heavy atom. The van der Waals surface area contributed by atoms with Crippen molar-refractivity contribution in [1.29, 1.82) is 0 Å². The van der Waals surface area contributed by atoms with Gasteiger partial charge in [-0.2, -0.15) is 0 Å². The van der Waals surface area contributed by atoms with E-state index in [-0.39, 0.29) is 24.3 Å². The lowest BCUT2D eigenvalue weighted by atomic mass is 10.1. The summed E-state index contributed by atoms with van der Waals surface area (Å²) in [5.74, 6) is -0.388. The molecule has 2 aliphatic heterocycles. The Morgan fingerprint density at radius 2 is 1.96 bits per heavy atom. The highest BCUT2D eigenvalue weighted by Crippen LogP contribution is 2.21. The number of likely N-dealkylation sites (N-methyl/N-ethyl adjacent to an activating group) is 2. The minimum absolute atomic E-state index is 0.0414. The summed E-state index contributed by atoms with van der Waals surface area (Å²) in [5.41, 5.74) is 2.26. The lowest BCUT2D eigenvalue weighted by molar-refractivity contribution is -0.136. The van der Waals surface area contributed by atoms with E-state index in [1.165, 1.54) is 11.9 Å². The topological polar surface area (TPSA) is 77.1 Å². The van der Waals surface area contributed by atoms with Crippen LogP contribution in [0.2, 0.25) is 0 Å². The first-order valence-electron chi connectivity index (χ1n) is 8.88. The number of imide groups is 1. The molecule has 3 rings (SSSR count). The van der Waals surface area contributed by atoms with Crippen LogP contribution in [0, 0.1) is 6.92 Å². The second kappa shape index (κ2) is 7.31. The molecule has 1 atom stereocenters. The SMILES string of the molecule is Cc1cnccc1N1CCCN(C(=O)C[C@@H]2C(=O)N(C)C(=O)N2C)CC1. The monoisotopic (exact) mass is 359 g/mol. The Bertz CT molecular complexity index is 723. The normalized spacial score (nSPS) is 21.4. The van der Waals surface area contributed by atoms with Crippen LogP contribution in [0.1, 0.15) is 18.4 Å². The van der Waals surface area contributed by atoms with Crippen molar-refractivity contribution in [2.24, 2.45) is 0 Å². The molecule has 2 fully saturated rings. The van der Waals surface area contributed by atoms with Gasteiger partial charge in [-0.3, -0.25) is 19.5 Å². The van der Waals surface area contributed by atoms with E-state index >= 15 is 0 Å². The van der Waals surface area contributed by atoms with E-state index in [0.29, 0.717) is 13.1 Å². The fraction of sp³-hybridized carbons (Fsp3) is 0.556. The molecule has 0 unspecified atom stereocenters. The predicted molar refractivity (Wildman–Crippen MR) is 96.7 cm³/mol. The van der Waals surface area contributed by atoms with Gasteiger partial charge in [-0.25, -0.2) is 4.79 Å². The Hall–Kier alpha value is -2.64. The van der Waals surface area contributed by atoms with Gasteiger partial charge in [-0.15, -0.1) is 0 Å². The average Bonchev–Trinajstić information content (AvgIpc) is 2.84. The van der Waals surface area contributed by atoms with Gasteiger partial charge in [0.15, 0.2) is 0 Å². The second-order valence-corrected chi connectivity index (χ2v) is 6.89. The minimum atomic E-state index is -0.693. The lowest BCUT2D eigenvalue weighted by Crippen LogP contribution is -2.41. The van der Waals surface area contributed by atoms with Crippen molar-refractivity contribution in [3.8, 4) is 0 Å². The number of aromatic nitrogens is 1.